The number of likely N-dealkylation sites (tertiary alicyclic amines) is 1. The van der Waals surface area contributed by atoms with Gasteiger partial charge in [0.05, 0.1) is 0 Å². The highest BCUT2D eigenvalue weighted by Crippen LogP contribution is 2.16. The van der Waals surface area contributed by atoms with E-state index in [1.54, 1.807) is 0 Å². The Morgan fingerprint density at radius 1 is 1.58 bits per heavy atom. The van der Waals surface area contributed by atoms with Crippen LogP contribution in [-0.2, 0) is 4.79 Å². The molecule has 1 heterocycles. The molecule has 1 unspecified atom stereocenters. The number of urea groups is 1. The molecule has 1 aliphatic heterocycles. The molecule has 12 heavy (non-hydrogen) atoms. The number of hydrogen-bond acceptors (Lipinski definition) is 3. The van der Waals surface area contributed by atoms with Crippen molar-refractivity contribution >= 4 is 11.9 Å². The maximum absolute atomic E-state index is 10.9. The predicted molar refractivity (Wildman–Crippen MR) is 39.2 cm³/mol. The largest absolute Gasteiger partial charge is 0.368 e. The van der Waals surface area contributed by atoms with Gasteiger partial charge in [0.15, 0.2) is 0 Å². The lowest BCUT2D eigenvalue weighted by Gasteiger charge is -2.20. The van der Waals surface area contributed by atoms with Gasteiger partial charge in [-0.25, -0.2) is 10.3 Å². The second-order valence-corrected chi connectivity index (χ2v) is 2.67. The molecule has 1 rings (SSSR count). The highest BCUT2D eigenvalue weighted by atomic mass is 16.5. The summed E-state index contributed by atoms with van der Waals surface area (Å²) in [7, 11) is 0. The summed E-state index contributed by atoms with van der Waals surface area (Å²) in [6.07, 6.45) is 1.31. The fourth-order valence-corrected chi connectivity index (χ4v) is 1.37. The molecular weight excluding hydrogens is 162 g/mol. The highest BCUT2D eigenvalue weighted by molar-refractivity contribution is 5.86. The number of hydrogen-bond donors (Lipinski definition) is 3. The van der Waals surface area contributed by atoms with Gasteiger partial charge in [0.1, 0.15) is 6.04 Å². The van der Waals surface area contributed by atoms with Gasteiger partial charge in [0.25, 0.3) is 0 Å². The molecule has 68 valence electrons. The minimum Gasteiger partial charge on any atom is -0.368 e. The van der Waals surface area contributed by atoms with Gasteiger partial charge >= 0.3 is 6.03 Å². The van der Waals surface area contributed by atoms with Gasteiger partial charge in [-0.15, -0.1) is 0 Å². The quantitative estimate of drug-likeness (QED) is 0.352. The normalized spacial score (nSPS) is 22.4. The van der Waals surface area contributed by atoms with Crippen molar-refractivity contribution in [3.8, 4) is 0 Å². The Bertz CT molecular complexity index is 206. The van der Waals surface area contributed by atoms with Crippen LogP contribution in [0.2, 0.25) is 0 Å². The third-order valence-electron chi connectivity index (χ3n) is 1.94. The molecule has 0 aromatic rings. The SMILES string of the molecule is NC(=O)C1CCCN1C(=O)NO. The molecule has 0 radical (unpaired) electrons. The van der Waals surface area contributed by atoms with Crippen LogP contribution < -0.4 is 11.2 Å². The van der Waals surface area contributed by atoms with E-state index >= 15 is 0 Å². The zero-order valence-corrected chi connectivity index (χ0v) is 6.49. The van der Waals surface area contributed by atoms with E-state index in [0.29, 0.717) is 13.0 Å². The van der Waals surface area contributed by atoms with Gasteiger partial charge in [0, 0.05) is 6.54 Å². The van der Waals surface area contributed by atoms with Crippen molar-refractivity contribution in [2.24, 2.45) is 5.73 Å². The Hall–Kier alpha value is -1.30. The molecule has 0 saturated carbocycles. The highest BCUT2D eigenvalue weighted by Gasteiger charge is 2.32. The third kappa shape index (κ3) is 1.48. The zero-order valence-electron chi connectivity index (χ0n) is 6.49. The summed E-state index contributed by atoms with van der Waals surface area (Å²) in [4.78, 5) is 22.9. The molecule has 6 heteroatoms. The molecule has 0 aromatic heterocycles. The van der Waals surface area contributed by atoms with E-state index in [4.69, 9.17) is 10.9 Å². The van der Waals surface area contributed by atoms with E-state index < -0.39 is 18.0 Å². The molecule has 0 bridgehead atoms. The first-order chi connectivity index (χ1) is 5.66. The van der Waals surface area contributed by atoms with Gasteiger partial charge in [-0.3, -0.25) is 10.0 Å². The molecular formula is C6H11N3O3. The molecule has 0 aliphatic carbocycles. The van der Waals surface area contributed by atoms with Crippen molar-refractivity contribution in [3.05, 3.63) is 0 Å². The number of primary amides is 1. The molecule has 1 fully saturated rings. The number of nitrogens with one attached hydrogen (secondary N) is 1. The van der Waals surface area contributed by atoms with Crippen LogP contribution in [0.4, 0.5) is 4.79 Å². The lowest BCUT2D eigenvalue weighted by atomic mass is 10.2. The van der Waals surface area contributed by atoms with Crippen LogP contribution in [0.15, 0.2) is 0 Å². The number of carbonyl (C=O) groups excluding carboxylic acids is 2. The first-order valence-corrected chi connectivity index (χ1v) is 3.67. The summed E-state index contributed by atoms with van der Waals surface area (Å²) in [6.45, 7) is 0.458. The van der Waals surface area contributed by atoms with E-state index in [2.05, 4.69) is 0 Å². The molecule has 3 amide bonds. The molecule has 0 aromatic carbocycles. The lowest BCUT2D eigenvalue weighted by Crippen LogP contribution is -2.47. The Kier molecular flexibility index (Phi) is 2.49. The minimum absolute atomic E-state index is 0.458. The van der Waals surface area contributed by atoms with E-state index in [0.717, 1.165) is 6.42 Å². The standard InChI is InChI=1S/C6H11N3O3/c7-5(10)4-2-1-3-9(4)6(11)8-12/h4,12H,1-3H2,(H2,7,10)(H,8,11). The fraction of sp³-hybridized carbons (Fsp3) is 0.667. The summed E-state index contributed by atoms with van der Waals surface area (Å²) in [5.74, 6) is -0.531. The van der Waals surface area contributed by atoms with Crippen LogP contribution in [0.25, 0.3) is 0 Å². The van der Waals surface area contributed by atoms with E-state index in [-0.39, 0.29) is 0 Å². The average molecular weight is 173 g/mol. The van der Waals surface area contributed by atoms with Crippen molar-refractivity contribution in [2.75, 3.05) is 6.54 Å². The number of nitrogens with two attached hydrogens (primary N) is 1. The van der Waals surface area contributed by atoms with Gasteiger partial charge < -0.3 is 10.6 Å². The smallest absolute Gasteiger partial charge is 0.341 e. The number of carbonyl (C=O) groups is 2. The Morgan fingerprint density at radius 3 is 2.75 bits per heavy atom. The van der Waals surface area contributed by atoms with E-state index in [1.807, 2.05) is 0 Å². The second-order valence-electron chi connectivity index (χ2n) is 2.67. The number of nitrogens with zero attached hydrogens (tertiary/aromatic N) is 1. The van der Waals surface area contributed by atoms with Crippen LogP contribution >= 0.6 is 0 Å². The maximum Gasteiger partial charge on any atom is 0.341 e. The maximum atomic E-state index is 10.9. The van der Waals surface area contributed by atoms with Gasteiger partial charge in [-0.05, 0) is 12.8 Å². The second kappa shape index (κ2) is 3.40. The summed E-state index contributed by atoms with van der Waals surface area (Å²) in [6, 6.07) is -1.24. The van der Waals surface area contributed by atoms with Gasteiger partial charge in [-0.1, -0.05) is 0 Å². The van der Waals surface area contributed by atoms with Crippen LogP contribution in [0.1, 0.15) is 12.8 Å². The monoisotopic (exact) mass is 173 g/mol. The molecule has 1 saturated heterocycles. The van der Waals surface area contributed by atoms with Crippen molar-refractivity contribution in [3.63, 3.8) is 0 Å². The van der Waals surface area contributed by atoms with E-state index in [9.17, 15) is 9.59 Å². The molecule has 6 nitrogen and oxygen atoms in total. The summed E-state index contributed by atoms with van der Waals surface area (Å²) >= 11 is 0. The van der Waals surface area contributed by atoms with Crippen LogP contribution in [-0.4, -0.2) is 34.6 Å². The molecule has 1 atom stereocenters. The predicted octanol–water partition coefficient (Wildman–Crippen LogP) is -0.965. The van der Waals surface area contributed by atoms with Gasteiger partial charge in [-0.2, -0.15) is 0 Å². The first-order valence-electron chi connectivity index (χ1n) is 3.67. The van der Waals surface area contributed by atoms with Crippen LogP contribution in [0, 0.1) is 0 Å². The summed E-state index contributed by atoms with van der Waals surface area (Å²) < 4.78 is 0. The minimum atomic E-state index is -0.670. The average Bonchev–Trinajstić information content (AvgIpc) is 2.50. The number of rotatable bonds is 1. The Balaban J connectivity index is 2.63. The molecule has 0 spiro atoms. The molecule has 4 N–H and O–H groups in total. The summed E-state index contributed by atoms with van der Waals surface area (Å²) in [5.41, 5.74) is 6.51. The topological polar surface area (TPSA) is 95.7 Å². The van der Waals surface area contributed by atoms with Crippen molar-refractivity contribution in [1.29, 1.82) is 0 Å². The Labute approximate surface area is 69.3 Å². The summed E-state index contributed by atoms with van der Waals surface area (Å²) in [5, 5.41) is 8.30. The lowest BCUT2D eigenvalue weighted by molar-refractivity contribution is -0.121. The van der Waals surface area contributed by atoms with E-state index in [1.165, 1.54) is 10.4 Å². The fourth-order valence-electron chi connectivity index (χ4n) is 1.37. The zero-order chi connectivity index (χ0) is 9.14. The van der Waals surface area contributed by atoms with Crippen LogP contribution in [0.3, 0.4) is 0 Å². The van der Waals surface area contributed by atoms with Crippen molar-refractivity contribution < 1.29 is 14.8 Å². The first kappa shape index (κ1) is 8.79. The Morgan fingerprint density at radius 2 is 2.25 bits per heavy atom. The number of amides is 3. The van der Waals surface area contributed by atoms with Crippen molar-refractivity contribution in [2.45, 2.75) is 18.9 Å². The molecule has 1 aliphatic rings. The van der Waals surface area contributed by atoms with Crippen LogP contribution in [0.5, 0.6) is 0 Å². The third-order valence-corrected chi connectivity index (χ3v) is 1.94. The van der Waals surface area contributed by atoms with Gasteiger partial charge in [0.2, 0.25) is 5.91 Å². The number of hydroxylamine groups is 1. The van der Waals surface area contributed by atoms with Crippen molar-refractivity contribution in [1.82, 2.24) is 10.4 Å².